The van der Waals surface area contributed by atoms with E-state index >= 15 is 0 Å². The molecule has 0 aromatic carbocycles. The highest BCUT2D eigenvalue weighted by Gasteiger charge is 2.07. The minimum absolute atomic E-state index is 0.213. The standard InChI is InChI=1S/C7H12N2O/c1-6-8-5-7(3-4-10)9(6)2/h5,10H,3-4H2,1-2H3/p+1. The maximum absolute atomic E-state index is 8.63. The number of aromatic nitrogens is 2. The Kier molecular flexibility index (Phi) is 2.06. The van der Waals surface area contributed by atoms with E-state index in [1.165, 1.54) is 0 Å². The lowest BCUT2D eigenvalue weighted by Gasteiger charge is -1.91. The van der Waals surface area contributed by atoms with E-state index in [0.717, 1.165) is 17.9 Å². The molecule has 0 fully saturated rings. The van der Waals surface area contributed by atoms with E-state index in [2.05, 4.69) is 4.98 Å². The van der Waals surface area contributed by atoms with Gasteiger partial charge in [0.2, 0.25) is 0 Å². The lowest BCUT2D eigenvalue weighted by Crippen LogP contribution is -2.34. The van der Waals surface area contributed by atoms with E-state index < -0.39 is 0 Å². The molecule has 0 atom stereocenters. The molecule has 2 N–H and O–H groups in total. The first kappa shape index (κ1) is 7.28. The van der Waals surface area contributed by atoms with E-state index in [1.54, 1.807) is 0 Å². The number of aromatic amines is 1. The lowest BCUT2D eigenvalue weighted by molar-refractivity contribution is -0.683. The summed E-state index contributed by atoms with van der Waals surface area (Å²) in [5.41, 5.74) is 1.14. The van der Waals surface area contributed by atoms with Crippen molar-refractivity contribution in [3.8, 4) is 0 Å². The minimum atomic E-state index is 0.213. The number of aryl methyl sites for hydroxylation is 1. The Balaban J connectivity index is 2.83. The SMILES string of the molecule is Cc1[nH]cc(CCO)[n+]1C. The van der Waals surface area contributed by atoms with Gasteiger partial charge >= 0.3 is 0 Å². The van der Waals surface area contributed by atoms with Crippen molar-refractivity contribution < 1.29 is 9.67 Å². The summed E-state index contributed by atoms with van der Waals surface area (Å²) < 4.78 is 2.04. The van der Waals surface area contributed by atoms with Gasteiger partial charge in [-0.1, -0.05) is 0 Å². The van der Waals surface area contributed by atoms with Crippen LogP contribution in [0.25, 0.3) is 0 Å². The van der Waals surface area contributed by atoms with Crippen LogP contribution in [0.2, 0.25) is 0 Å². The van der Waals surface area contributed by atoms with Crippen molar-refractivity contribution in [1.82, 2.24) is 4.98 Å². The molecule has 0 aliphatic carbocycles. The van der Waals surface area contributed by atoms with Crippen LogP contribution in [-0.2, 0) is 13.5 Å². The second kappa shape index (κ2) is 2.84. The van der Waals surface area contributed by atoms with Crippen LogP contribution < -0.4 is 4.57 Å². The van der Waals surface area contributed by atoms with Crippen LogP contribution in [0.5, 0.6) is 0 Å². The van der Waals surface area contributed by atoms with Crippen LogP contribution in [-0.4, -0.2) is 16.7 Å². The number of nitrogens with one attached hydrogen (secondary N) is 1. The topological polar surface area (TPSA) is 39.9 Å². The van der Waals surface area contributed by atoms with Crippen LogP contribution in [0.1, 0.15) is 11.5 Å². The first-order valence-corrected chi connectivity index (χ1v) is 3.39. The summed E-state index contributed by atoms with van der Waals surface area (Å²) in [5.74, 6) is 1.11. The highest BCUT2D eigenvalue weighted by Crippen LogP contribution is 1.91. The maximum atomic E-state index is 8.63. The fraction of sp³-hybridized carbons (Fsp3) is 0.571. The molecule has 0 saturated heterocycles. The first-order valence-electron chi connectivity index (χ1n) is 3.39. The van der Waals surface area contributed by atoms with Crippen LogP contribution in [0, 0.1) is 6.92 Å². The van der Waals surface area contributed by atoms with E-state index in [-0.39, 0.29) is 6.61 Å². The third-order valence-corrected chi connectivity index (χ3v) is 1.75. The molecule has 0 spiro atoms. The average molecular weight is 141 g/mol. The van der Waals surface area contributed by atoms with Gasteiger partial charge in [-0.05, 0) is 0 Å². The Labute approximate surface area is 60.3 Å². The number of hydrogen-bond acceptors (Lipinski definition) is 1. The highest BCUT2D eigenvalue weighted by atomic mass is 16.3. The number of rotatable bonds is 2. The van der Waals surface area contributed by atoms with Gasteiger partial charge in [-0.3, -0.25) is 0 Å². The van der Waals surface area contributed by atoms with Gasteiger partial charge in [0, 0.05) is 13.3 Å². The van der Waals surface area contributed by atoms with Gasteiger partial charge in [0.05, 0.1) is 13.7 Å². The molecule has 56 valence electrons. The zero-order chi connectivity index (χ0) is 7.56. The van der Waals surface area contributed by atoms with Crippen molar-refractivity contribution in [2.24, 2.45) is 7.05 Å². The highest BCUT2D eigenvalue weighted by molar-refractivity contribution is 4.89. The number of aliphatic hydroxyl groups excluding tert-OH is 1. The molecule has 0 radical (unpaired) electrons. The molecule has 1 heterocycles. The van der Waals surface area contributed by atoms with Crippen LogP contribution in [0.3, 0.4) is 0 Å². The van der Waals surface area contributed by atoms with Gasteiger partial charge in [0.15, 0.2) is 0 Å². The fourth-order valence-electron chi connectivity index (χ4n) is 0.951. The van der Waals surface area contributed by atoms with E-state index in [9.17, 15) is 0 Å². The zero-order valence-electron chi connectivity index (χ0n) is 6.39. The number of imidazole rings is 1. The Morgan fingerprint density at radius 2 is 2.40 bits per heavy atom. The molecule has 1 aromatic rings. The number of H-pyrrole nitrogens is 1. The maximum Gasteiger partial charge on any atom is 0.251 e. The predicted molar refractivity (Wildman–Crippen MR) is 37.5 cm³/mol. The van der Waals surface area contributed by atoms with Crippen LogP contribution in [0.4, 0.5) is 0 Å². The second-order valence-corrected chi connectivity index (χ2v) is 2.40. The normalized spacial score (nSPS) is 10.3. The van der Waals surface area contributed by atoms with Gasteiger partial charge in [-0.15, -0.1) is 0 Å². The third kappa shape index (κ3) is 1.19. The Bertz CT molecular complexity index is 217. The van der Waals surface area contributed by atoms with E-state index in [0.29, 0.717) is 0 Å². The van der Waals surface area contributed by atoms with Crippen molar-refractivity contribution in [1.29, 1.82) is 0 Å². The number of aliphatic hydroxyl groups is 1. The smallest absolute Gasteiger partial charge is 0.251 e. The first-order chi connectivity index (χ1) is 4.75. The quantitative estimate of drug-likeness (QED) is 0.544. The van der Waals surface area contributed by atoms with Crippen LogP contribution >= 0.6 is 0 Å². The fourth-order valence-corrected chi connectivity index (χ4v) is 0.951. The summed E-state index contributed by atoms with van der Waals surface area (Å²) in [6.07, 6.45) is 2.65. The molecule has 0 saturated carbocycles. The Morgan fingerprint density at radius 1 is 1.70 bits per heavy atom. The van der Waals surface area contributed by atoms with Gasteiger partial charge in [-0.2, -0.15) is 0 Å². The predicted octanol–water partition coefficient (Wildman–Crippen LogP) is -0.318. The molecule has 0 amide bonds. The second-order valence-electron chi connectivity index (χ2n) is 2.40. The summed E-state index contributed by atoms with van der Waals surface area (Å²) in [5, 5.41) is 8.63. The average Bonchev–Trinajstić information content (AvgIpc) is 2.20. The molecule has 0 aliphatic rings. The Morgan fingerprint density at radius 3 is 2.80 bits per heavy atom. The molecule has 1 aromatic heterocycles. The van der Waals surface area contributed by atoms with E-state index in [4.69, 9.17) is 5.11 Å². The van der Waals surface area contributed by atoms with Crippen molar-refractivity contribution >= 4 is 0 Å². The molecule has 0 unspecified atom stereocenters. The summed E-state index contributed by atoms with van der Waals surface area (Å²) in [4.78, 5) is 3.07. The van der Waals surface area contributed by atoms with Crippen molar-refractivity contribution in [3.05, 3.63) is 17.7 Å². The largest absolute Gasteiger partial charge is 0.396 e. The van der Waals surface area contributed by atoms with E-state index in [1.807, 2.05) is 24.7 Å². The van der Waals surface area contributed by atoms with Gasteiger partial charge in [0.1, 0.15) is 11.9 Å². The van der Waals surface area contributed by atoms with Crippen molar-refractivity contribution in [2.45, 2.75) is 13.3 Å². The van der Waals surface area contributed by atoms with Gasteiger partial charge in [-0.25, -0.2) is 9.55 Å². The number of nitrogens with zero attached hydrogens (tertiary/aromatic N) is 1. The summed E-state index contributed by atoms with van der Waals surface area (Å²) in [7, 11) is 1.98. The molecular weight excluding hydrogens is 128 g/mol. The molecular formula is C7H13N2O+. The summed E-state index contributed by atoms with van der Waals surface area (Å²) in [6.45, 7) is 2.21. The molecule has 3 heteroatoms. The minimum Gasteiger partial charge on any atom is -0.396 e. The molecule has 0 aliphatic heterocycles. The lowest BCUT2D eigenvalue weighted by atomic mass is 10.3. The number of hydrogen-bond donors (Lipinski definition) is 2. The Hall–Kier alpha value is -0.830. The summed E-state index contributed by atoms with van der Waals surface area (Å²) >= 11 is 0. The molecule has 10 heavy (non-hydrogen) atoms. The van der Waals surface area contributed by atoms with Gasteiger partial charge in [0.25, 0.3) is 5.82 Å². The third-order valence-electron chi connectivity index (χ3n) is 1.75. The monoisotopic (exact) mass is 141 g/mol. The molecule has 3 nitrogen and oxygen atoms in total. The van der Waals surface area contributed by atoms with Crippen LogP contribution in [0.15, 0.2) is 6.20 Å². The van der Waals surface area contributed by atoms with Crippen molar-refractivity contribution in [3.63, 3.8) is 0 Å². The van der Waals surface area contributed by atoms with Gasteiger partial charge < -0.3 is 5.11 Å². The molecule has 0 bridgehead atoms. The van der Waals surface area contributed by atoms with Crippen molar-refractivity contribution in [2.75, 3.05) is 6.61 Å². The zero-order valence-corrected chi connectivity index (χ0v) is 6.39. The molecule has 1 rings (SSSR count). The summed E-state index contributed by atoms with van der Waals surface area (Å²) in [6, 6.07) is 0.